The Bertz CT molecular complexity index is 639. The Morgan fingerprint density at radius 2 is 2.10 bits per heavy atom. The second kappa shape index (κ2) is 5.88. The molecular weight excluding hydrogens is 260 g/mol. The van der Waals surface area contributed by atoms with E-state index in [0.29, 0.717) is 5.92 Å². The smallest absolute Gasteiger partial charge is 0.123 e. The van der Waals surface area contributed by atoms with Crippen molar-refractivity contribution < 1.29 is 4.74 Å². The molecule has 0 heterocycles. The average Bonchev–Trinajstić information content (AvgIpc) is 2.48. The summed E-state index contributed by atoms with van der Waals surface area (Å²) in [6.45, 7) is 2.09. The summed E-state index contributed by atoms with van der Waals surface area (Å²) in [5.74, 6) is 7.30. The van der Waals surface area contributed by atoms with Crippen molar-refractivity contribution in [1.82, 2.24) is 5.43 Å². The molecule has 3 N–H and O–H groups in total. The molecule has 0 fully saturated rings. The molecule has 1 aliphatic carbocycles. The van der Waals surface area contributed by atoms with Gasteiger partial charge in [-0.1, -0.05) is 42.0 Å². The lowest BCUT2D eigenvalue weighted by atomic mass is 9.74. The lowest BCUT2D eigenvalue weighted by molar-refractivity contribution is 0.383. The average molecular weight is 282 g/mol. The molecule has 0 aliphatic heterocycles. The molecule has 0 saturated heterocycles. The van der Waals surface area contributed by atoms with E-state index in [-0.39, 0.29) is 6.04 Å². The van der Waals surface area contributed by atoms with E-state index in [9.17, 15) is 0 Å². The van der Waals surface area contributed by atoms with E-state index in [1.165, 1.54) is 16.7 Å². The minimum Gasteiger partial charge on any atom is -0.496 e. The number of hydrogen-bond acceptors (Lipinski definition) is 3. The van der Waals surface area contributed by atoms with Crippen LogP contribution in [0.25, 0.3) is 0 Å². The van der Waals surface area contributed by atoms with Gasteiger partial charge in [0.15, 0.2) is 0 Å². The summed E-state index contributed by atoms with van der Waals surface area (Å²) in [7, 11) is 1.71. The van der Waals surface area contributed by atoms with Crippen molar-refractivity contribution in [2.75, 3.05) is 7.11 Å². The van der Waals surface area contributed by atoms with Crippen molar-refractivity contribution in [2.45, 2.75) is 31.7 Å². The van der Waals surface area contributed by atoms with Crippen LogP contribution in [0.1, 0.15) is 40.6 Å². The van der Waals surface area contributed by atoms with Gasteiger partial charge >= 0.3 is 0 Å². The van der Waals surface area contributed by atoms with Crippen LogP contribution in [0.2, 0.25) is 0 Å². The van der Waals surface area contributed by atoms with Gasteiger partial charge in [0, 0.05) is 5.56 Å². The second-order valence-electron chi connectivity index (χ2n) is 5.80. The van der Waals surface area contributed by atoms with Gasteiger partial charge in [-0.3, -0.25) is 11.3 Å². The molecule has 0 amide bonds. The van der Waals surface area contributed by atoms with E-state index >= 15 is 0 Å². The van der Waals surface area contributed by atoms with E-state index in [0.717, 1.165) is 24.2 Å². The highest BCUT2D eigenvalue weighted by molar-refractivity contribution is 5.42. The molecule has 2 atom stereocenters. The molecule has 110 valence electrons. The molecule has 2 unspecified atom stereocenters. The maximum Gasteiger partial charge on any atom is 0.123 e. The lowest BCUT2D eigenvalue weighted by Crippen LogP contribution is -2.32. The molecule has 3 heteroatoms. The number of fused-ring (bicyclic) bond motifs is 1. The van der Waals surface area contributed by atoms with Crippen LogP contribution in [0.4, 0.5) is 0 Å². The minimum atomic E-state index is 0.109. The Morgan fingerprint density at radius 3 is 2.81 bits per heavy atom. The van der Waals surface area contributed by atoms with E-state index in [4.69, 9.17) is 10.6 Å². The third kappa shape index (κ3) is 2.67. The first-order valence-corrected chi connectivity index (χ1v) is 7.41. The highest BCUT2D eigenvalue weighted by Crippen LogP contribution is 2.41. The van der Waals surface area contributed by atoms with Gasteiger partial charge in [0.2, 0.25) is 0 Å². The lowest BCUT2D eigenvalue weighted by Gasteiger charge is -2.33. The fourth-order valence-electron chi connectivity index (χ4n) is 3.27. The molecule has 2 aromatic carbocycles. The van der Waals surface area contributed by atoms with Crippen molar-refractivity contribution >= 4 is 0 Å². The van der Waals surface area contributed by atoms with Crippen LogP contribution in [-0.2, 0) is 6.42 Å². The molecule has 0 saturated carbocycles. The van der Waals surface area contributed by atoms with Crippen molar-refractivity contribution in [2.24, 2.45) is 5.84 Å². The number of hydrogen-bond donors (Lipinski definition) is 2. The van der Waals surface area contributed by atoms with Gasteiger partial charge in [0.05, 0.1) is 13.2 Å². The van der Waals surface area contributed by atoms with Crippen LogP contribution in [-0.4, -0.2) is 7.11 Å². The number of nitrogens with one attached hydrogen (secondary N) is 1. The molecule has 2 aromatic rings. The fraction of sp³-hybridized carbons (Fsp3) is 0.333. The van der Waals surface area contributed by atoms with E-state index in [1.807, 2.05) is 6.07 Å². The summed E-state index contributed by atoms with van der Waals surface area (Å²) in [6.07, 6.45) is 2.13. The highest BCUT2D eigenvalue weighted by atomic mass is 16.5. The predicted octanol–water partition coefficient (Wildman–Crippen LogP) is 3.24. The van der Waals surface area contributed by atoms with Gasteiger partial charge in [-0.05, 0) is 42.9 Å². The number of benzene rings is 2. The zero-order valence-corrected chi connectivity index (χ0v) is 12.6. The molecule has 0 aromatic heterocycles. The summed E-state index contributed by atoms with van der Waals surface area (Å²) < 4.78 is 5.49. The van der Waals surface area contributed by atoms with Crippen LogP contribution >= 0.6 is 0 Å². The van der Waals surface area contributed by atoms with Gasteiger partial charge in [0.25, 0.3) is 0 Å². The first-order valence-electron chi connectivity index (χ1n) is 7.41. The maximum atomic E-state index is 5.82. The quantitative estimate of drug-likeness (QED) is 0.654. The number of aryl methyl sites for hydroxylation is 1. The van der Waals surface area contributed by atoms with Gasteiger partial charge in [-0.2, -0.15) is 0 Å². The third-order valence-electron chi connectivity index (χ3n) is 4.44. The van der Waals surface area contributed by atoms with Crippen LogP contribution in [0.5, 0.6) is 5.75 Å². The molecule has 21 heavy (non-hydrogen) atoms. The SMILES string of the molecule is COc1ccc(C)cc1C(CC1Cc2ccccc21)NN. The number of nitrogens with two attached hydrogens (primary N) is 1. The molecule has 0 radical (unpaired) electrons. The molecular formula is C18H22N2O. The van der Waals surface area contributed by atoms with Crippen LogP contribution < -0.4 is 16.0 Å². The Kier molecular flexibility index (Phi) is 3.95. The van der Waals surface area contributed by atoms with Crippen LogP contribution in [0.3, 0.4) is 0 Å². The third-order valence-corrected chi connectivity index (χ3v) is 4.44. The fourth-order valence-corrected chi connectivity index (χ4v) is 3.27. The molecule has 3 nitrogen and oxygen atoms in total. The maximum absolute atomic E-state index is 5.82. The van der Waals surface area contributed by atoms with Gasteiger partial charge in [-0.15, -0.1) is 0 Å². The number of methoxy groups -OCH3 is 1. The molecule has 0 bridgehead atoms. The zero-order valence-electron chi connectivity index (χ0n) is 12.6. The Morgan fingerprint density at radius 1 is 1.29 bits per heavy atom. The van der Waals surface area contributed by atoms with Gasteiger partial charge in [-0.25, -0.2) is 0 Å². The molecule has 0 spiro atoms. The van der Waals surface area contributed by atoms with E-state index in [1.54, 1.807) is 7.11 Å². The van der Waals surface area contributed by atoms with Crippen molar-refractivity contribution in [1.29, 1.82) is 0 Å². The standard InChI is InChI=1S/C18H22N2O/c1-12-7-8-18(21-2)16(9-12)17(20-19)11-14-10-13-5-3-4-6-15(13)14/h3-9,14,17,20H,10-11,19H2,1-2H3. The first-order chi connectivity index (χ1) is 10.2. The summed E-state index contributed by atoms with van der Waals surface area (Å²) in [5.41, 5.74) is 8.26. The predicted molar refractivity (Wildman–Crippen MR) is 85.3 cm³/mol. The van der Waals surface area contributed by atoms with E-state index in [2.05, 4.69) is 48.7 Å². The second-order valence-corrected chi connectivity index (χ2v) is 5.80. The van der Waals surface area contributed by atoms with Crippen LogP contribution in [0.15, 0.2) is 42.5 Å². The highest BCUT2D eigenvalue weighted by Gasteiger charge is 2.29. The Labute approximate surface area is 126 Å². The summed E-state index contributed by atoms with van der Waals surface area (Å²) >= 11 is 0. The minimum absolute atomic E-state index is 0.109. The summed E-state index contributed by atoms with van der Waals surface area (Å²) in [4.78, 5) is 0. The zero-order chi connectivity index (χ0) is 14.8. The van der Waals surface area contributed by atoms with Crippen molar-refractivity contribution in [3.05, 3.63) is 64.7 Å². The number of rotatable bonds is 5. The summed E-state index contributed by atoms with van der Waals surface area (Å²) in [5, 5.41) is 0. The van der Waals surface area contributed by atoms with Gasteiger partial charge < -0.3 is 4.74 Å². The normalized spacial score (nSPS) is 17.8. The topological polar surface area (TPSA) is 47.3 Å². The van der Waals surface area contributed by atoms with Crippen molar-refractivity contribution in [3.8, 4) is 5.75 Å². The monoisotopic (exact) mass is 282 g/mol. The van der Waals surface area contributed by atoms with E-state index < -0.39 is 0 Å². The Hall–Kier alpha value is -1.84. The molecule has 3 rings (SSSR count). The number of ether oxygens (including phenoxy) is 1. The largest absolute Gasteiger partial charge is 0.496 e. The van der Waals surface area contributed by atoms with Crippen LogP contribution in [0, 0.1) is 6.92 Å². The Balaban J connectivity index is 1.82. The van der Waals surface area contributed by atoms with Crippen molar-refractivity contribution in [3.63, 3.8) is 0 Å². The van der Waals surface area contributed by atoms with Gasteiger partial charge in [0.1, 0.15) is 5.75 Å². The first kappa shape index (κ1) is 14.1. The summed E-state index contributed by atoms with van der Waals surface area (Å²) in [6, 6.07) is 15.0. The molecule has 1 aliphatic rings. The number of hydrazine groups is 1.